The molecule has 15 heavy (non-hydrogen) atoms. The second-order valence-electron chi connectivity index (χ2n) is 3.26. The van der Waals surface area contributed by atoms with Crippen molar-refractivity contribution in [1.82, 2.24) is 4.98 Å². The van der Waals surface area contributed by atoms with Crippen LogP contribution in [-0.2, 0) is 6.54 Å². The van der Waals surface area contributed by atoms with Crippen LogP contribution >= 0.6 is 22.9 Å². The molecule has 0 aliphatic carbocycles. The minimum Gasteiger partial charge on any atom is -0.369 e. The van der Waals surface area contributed by atoms with E-state index in [0.717, 1.165) is 22.9 Å². The molecule has 1 aromatic carbocycles. The van der Waals surface area contributed by atoms with Gasteiger partial charge in [0.25, 0.3) is 0 Å². The van der Waals surface area contributed by atoms with E-state index >= 15 is 0 Å². The summed E-state index contributed by atoms with van der Waals surface area (Å²) in [5.74, 6) is 0. The molecule has 2 aromatic rings. The largest absolute Gasteiger partial charge is 0.369 e. The highest BCUT2D eigenvalue weighted by atomic mass is 35.5. The van der Waals surface area contributed by atoms with E-state index < -0.39 is 0 Å². The second-order valence-corrected chi connectivity index (χ2v) is 4.35. The number of halogens is 1. The van der Waals surface area contributed by atoms with Gasteiger partial charge in [-0.1, -0.05) is 11.6 Å². The van der Waals surface area contributed by atoms with Crippen molar-refractivity contribution in [2.24, 2.45) is 0 Å². The number of rotatable bonds is 3. The predicted octanol–water partition coefficient (Wildman–Crippen LogP) is 3.23. The Morgan fingerprint density at radius 3 is 2.73 bits per heavy atom. The maximum Gasteiger partial charge on any atom is 0.152 e. The average Bonchev–Trinajstić information content (AvgIpc) is 2.71. The molecule has 1 heterocycles. The lowest BCUT2D eigenvalue weighted by atomic mass is 10.3. The molecule has 0 fully saturated rings. The van der Waals surface area contributed by atoms with Crippen LogP contribution in [0.5, 0.6) is 0 Å². The Hall–Kier alpha value is -1.06. The third-order valence-electron chi connectivity index (χ3n) is 2.10. The standard InChI is InChI=1S/C11H10ClN2S/c1-14(6-10-7-15-8-13-10)11-4-2-9(12)3-5-11/h2-5,7H,6H2,1H3. The van der Waals surface area contributed by atoms with Gasteiger partial charge in [-0.15, -0.1) is 11.3 Å². The highest BCUT2D eigenvalue weighted by Gasteiger charge is 2.03. The van der Waals surface area contributed by atoms with Crippen molar-refractivity contribution in [2.45, 2.75) is 6.54 Å². The number of anilines is 1. The minimum absolute atomic E-state index is 0.758. The number of hydrogen-bond acceptors (Lipinski definition) is 3. The summed E-state index contributed by atoms with van der Waals surface area (Å²) in [6, 6.07) is 7.78. The molecule has 0 bridgehead atoms. The van der Waals surface area contributed by atoms with Crippen LogP contribution in [0.2, 0.25) is 5.02 Å². The molecule has 0 unspecified atom stereocenters. The molecule has 0 N–H and O–H groups in total. The van der Waals surface area contributed by atoms with Crippen LogP contribution in [-0.4, -0.2) is 12.0 Å². The quantitative estimate of drug-likeness (QED) is 0.815. The fraction of sp³-hybridized carbons (Fsp3) is 0.182. The fourth-order valence-corrected chi connectivity index (χ4v) is 1.92. The fourth-order valence-electron chi connectivity index (χ4n) is 1.31. The predicted molar refractivity (Wildman–Crippen MR) is 64.5 cm³/mol. The molecule has 1 radical (unpaired) electrons. The normalized spacial score (nSPS) is 10.3. The van der Waals surface area contributed by atoms with E-state index in [4.69, 9.17) is 11.6 Å². The van der Waals surface area contributed by atoms with Crippen LogP contribution in [0.1, 0.15) is 5.69 Å². The molecule has 4 heteroatoms. The van der Waals surface area contributed by atoms with Gasteiger partial charge in [0.1, 0.15) is 0 Å². The van der Waals surface area contributed by atoms with E-state index in [1.165, 1.54) is 11.3 Å². The van der Waals surface area contributed by atoms with Gasteiger partial charge < -0.3 is 4.90 Å². The van der Waals surface area contributed by atoms with Crippen LogP contribution in [0, 0.1) is 5.51 Å². The second kappa shape index (κ2) is 4.64. The van der Waals surface area contributed by atoms with Crippen molar-refractivity contribution in [2.75, 3.05) is 11.9 Å². The molecule has 0 amide bonds. The summed E-state index contributed by atoms with van der Waals surface area (Å²) in [6.45, 7) is 0.793. The highest BCUT2D eigenvalue weighted by Crippen LogP contribution is 2.18. The zero-order chi connectivity index (χ0) is 10.7. The zero-order valence-electron chi connectivity index (χ0n) is 8.27. The summed E-state index contributed by atoms with van der Waals surface area (Å²) in [5.41, 5.74) is 5.01. The molecule has 2 rings (SSSR count). The van der Waals surface area contributed by atoms with Crippen LogP contribution < -0.4 is 4.90 Å². The smallest absolute Gasteiger partial charge is 0.152 e. The molecule has 77 valence electrons. The third-order valence-corrected chi connectivity index (χ3v) is 2.94. The molecule has 0 aliphatic heterocycles. The van der Waals surface area contributed by atoms with Crippen molar-refractivity contribution < 1.29 is 0 Å². The number of benzene rings is 1. The first-order valence-electron chi connectivity index (χ1n) is 4.53. The van der Waals surface area contributed by atoms with Gasteiger partial charge in [-0.2, -0.15) is 0 Å². The monoisotopic (exact) mass is 237 g/mol. The SMILES string of the molecule is CN(Cc1cs[c]n1)c1ccc(Cl)cc1. The lowest BCUT2D eigenvalue weighted by molar-refractivity contribution is 0.894. The lowest BCUT2D eigenvalue weighted by Gasteiger charge is -2.17. The van der Waals surface area contributed by atoms with E-state index in [1.807, 2.05) is 36.7 Å². The van der Waals surface area contributed by atoms with Gasteiger partial charge in [0.15, 0.2) is 5.51 Å². The number of thiazole rings is 1. The molecule has 2 nitrogen and oxygen atoms in total. The topological polar surface area (TPSA) is 16.1 Å². The molecule has 0 saturated carbocycles. The average molecular weight is 238 g/mol. The first-order valence-corrected chi connectivity index (χ1v) is 5.78. The van der Waals surface area contributed by atoms with Gasteiger partial charge in [-0.3, -0.25) is 0 Å². The van der Waals surface area contributed by atoms with Crippen molar-refractivity contribution in [3.63, 3.8) is 0 Å². The first kappa shape index (κ1) is 10.5. The summed E-state index contributed by atoms with van der Waals surface area (Å²) in [6.07, 6.45) is 0. The summed E-state index contributed by atoms with van der Waals surface area (Å²) in [4.78, 5) is 6.25. The number of hydrogen-bond donors (Lipinski definition) is 0. The van der Waals surface area contributed by atoms with Crippen molar-refractivity contribution in [1.29, 1.82) is 0 Å². The van der Waals surface area contributed by atoms with Crippen molar-refractivity contribution in [3.8, 4) is 0 Å². The zero-order valence-corrected chi connectivity index (χ0v) is 9.85. The van der Waals surface area contributed by atoms with Gasteiger partial charge in [-0.05, 0) is 24.3 Å². The van der Waals surface area contributed by atoms with Gasteiger partial charge in [0.2, 0.25) is 0 Å². The van der Waals surface area contributed by atoms with Crippen molar-refractivity contribution >= 4 is 28.6 Å². The van der Waals surface area contributed by atoms with Crippen LogP contribution in [0.4, 0.5) is 5.69 Å². The van der Waals surface area contributed by atoms with E-state index in [0.29, 0.717) is 0 Å². The van der Waals surface area contributed by atoms with Crippen LogP contribution in [0.15, 0.2) is 29.6 Å². The number of aromatic nitrogens is 1. The Labute approximate surface area is 98.1 Å². The summed E-state index contributed by atoms with van der Waals surface area (Å²) < 4.78 is 0. The maximum atomic E-state index is 5.82. The van der Waals surface area contributed by atoms with Crippen LogP contribution in [0.25, 0.3) is 0 Å². The third kappa shape index (κ3) is 2.70. The highest BCUT2D eigenvalue weighted by molar-refractivity contribution is 7.07. The van der Waals surface area contributed by atoms with Gasteiger partial charge in [0.05, 0.1) is 12.2 Å². The van der Waals surface area contributed by atoms with Crippen LogP contribution in [0.3, 0.4) is 0 Å². The summed E-state index contributed by atoms with van der Waals surface area (Å²) >= 11 is 7.32. The lowest BCUT2D eigenvalue weighted by Crippen LogP contribution is -2.16. The van der Waals surface area contributed by atoms with E-state index in [2.05, 4.69) is 15.4 Å². The molecular weight excluding hydrogens is 228 g/mol. The van der Waals surface area contributed by atoms with E-state index in [-0.39, 0.29) is 0 Å². The molecule has 0 atom stereocenters. The molecule has 0 saturated heterocycles. The Bertz CT molecular complexity index is 411. The Morgan fingerprint density at radius 2 is 2.13 bits per heavy atom. The Morgan fingerprint density at radius 1 is 1.40 bits per heavy atom. The number of nitrogens with zero attached hydrogens (tertiary/aromatic N) is 2. The first-order chi connectivity index (χ1) is 7.25. The van der Waals surface area contributed by atoms with E-state index in [1.54, 1.807) is 0 Å². The Balaban J connectivity index is 2.08. The molecule has 0 spiro atoms. The van der Waals surface area contributed by atoms with E-state index in [9.17, 15) is 0 Å². The molecular formula is C11H10ClN2S. The molecule has 1 aromatic heterocycles. The summed E-state index contributed by atoms with van der Waals surface area (Å²) in [7, 11) is 2.03. The van der Waals surface area contributed by atoms with Gasteiger partial charge in [0, 0.05) is 23.1 Å². The summed E-state index contributed by atoms with van der Waals surface area (Å²) in [5, 5.41) is 2.76. The van der Waals surface area contributed by atoms with Crippen molar-refractivity contribution in [3.05, 3.63) is 45.9 Å². The van der Waals surface area contributed by atoms with Gasteiger partial charge in [-0.25, -0.2) is 4.98 Å². The Kier molecular flexibility index (Phi) is 3.23. The maximum absolute atomic E-state index is 5.82. The minimum atomic E-state index is 0.758. The molecule has 0 aliphatic rings. The van der Waals surface area contributed by atoms with Gasteiger partial charge >= 0.3 is 0 Å².